The topological polar surface area (TPSA) is 48.1 Å². The van der Waals surface area contributed by atoms with E-state index in [1.165, 1.54) is 13.2 Å². The first kappa shape index (κ1) is 9.85. The van der Waals surface area contributed by atoms with Gasteiger partial charge in [0.25, 0.3) is 6.43 Å². The van der Waals surface area contributed by atoms with Crippen molar-refractivity contribution in [1.82, 2.24) is 4.98 Å². The number of pyridine rings is 1. The van der Waals surface area contributed by atoms with E-state index in [2.05, 4.69) is 4.98 Å². The monoisotopic (exact) mass is 188 g/mol. The molecule has 1 heterocycles. The lowest BCUT2D eigenvalue weighted by molar-refractivity contribution is 0.150. The van der Waals surface area contributed by atoms with Crippen LogP contribution in [0.4, 0.5) is 8.78 Å². The summed E-state index contributed by atoms with van der Waals surface area (Å²) in [5.41, 5.74) is 5.68. The normalized spacial score (nSPS) is 10.5. The quantitative estimate of drug-likeness (QED) is 0.781. The molecule has 72 valence electrons. The van der Waals surface area contributed by atoms with E-state index >= 15 is 0 Å². The predicted octanol–water partition coefficient (Wildman–Crippen LogP) is 1.49. The molecule has 0 fully saturated rings. The van der Waals surface area contributed by atoms with Crippen molar-refractivity contribution < 1.29 is 13.5 Å². The summed E-state index contributed by atoms with van der Waals surface area (Å²) >= 11 is 0. The summed E-state index contributed by atoms with van der Waals surface area (Å²) in [6, 6.07) is 1.30. The highest BCUT2D eigenvalue weighted by Gasteiger charge is 2.11. The van der Waals surface area contributed by atoms with Crippen molar-refractivity contribution >= 4 is 0 Å². The number of hydrogen-bond donors (Lipinski definition) is 1. The van der Waals surface area contributed by atoms with Crippen LogP contribution in [0.5, 0.6) is 5.88 Å². The van der Waals surface area contributed by atoms with E-state index in [9.17, 15) is 8.78 Å². The first-order valence-electron chi connectivity index (χ1n) is 3.70. The van der Waals surface area contributed by atoms with Crippen LogP contribution in [0.3, 0.4) is 0 Å². The van der Waals surface area contributed by atoms with E-state index in [0.29, 0.717) is 11.4 Å². The van der Waals surface area contributed by atoms with Crippen LogP contribution in [0.15, 0.2) is 12.3 Å². The van der Waals surface area contributed by atoms with Crippen LogP contribution in [0.1, 0.15) is 17.6 Å². The molecule has 0 radical (unpaired) electrons. The summed E-state index contributed by atoms with van der Waals surface area (Å²) in [5.74, 6) is 0.298. The van der Waals surface area contributed by atoms with Crippen LogP contribution >= 0.6 is 0 Å². The third-order valence-electron chi connectivity index (χ3n) is 1.61. The molecule has 0 unspecified atom stereocenters. The average Bonchev–Trinajstić information content (AvgIpc) is 2.16. The Morgan fingerprint density at radius 2 is 2.31 bits per heavy atom. The number of ether oxygens (including phenoxy) is 1. The van der Waals surface area contributed by atoms with E-state index in [0.717, 1.165) is 6.20 Å². The average molecular weight is 188 g/mol. The molecule has 0 atom stereocenters. The number of methoxy groups -OCH3 is 1. The Kier molecular flexibility index (Phi) is 3.13. The summed E-state index contributed by atoms with van der Waals surface area (Å²) in [5, 5.41) is 0. The van der Waals surface area contributed by atoms with E-state index in [1.807, 2.05) is 0 Å². The van der Waals surface area contributed by atoms with Crippen molar-refractivity contribution in [3.63, 3.8) is 0 Å². The maximum Gasteiger partial charge on any atom is 0.265 e. The highest BCUT2D eigenvalue weighted by atomic mass is 19.3. The highest BCUT2D eigenvalue weighted by Crippen LogP contribution is 2.22. The van der Waals surface area contributed by atoms with Gasteiger partial charge in [-0.2, -0.15) is 0 Å². The zero-order valence-electron chi connectivity index (χ0n) is 7.13. The highest BCUT2D eigenvalue weighted by molar-refractivity contribution is 5.30. The number of hydrogen-bond acceptors (Lipinski definition) is 3. The smallest absolute Gasteiger partial charge is 0.265 e. The molecule has 1 aromatic heterocycles. The van der Waals surface area contributed by atoms with Crippen LogP contribution in [0.2, 0.25) is 0 Å². The van der Waals surface area contributed by atoms with E-state index in [4.69, 9.17) is 10.5 Å². The van der Waals surface area contributed by atoms with Gasteiger partial charge in [0.05, 0.1) is 7.11 Å². The lowest BCUT2D eigenvalue weighted by Crippen LogP contribution is -2.03. The molecule has 0 aliphatic heterocycles. The van der Waals surface area contributed by atoms with E-state index in [-0.39, 0.29) is 12.1 Å². The van der Waals surface area contributed by atoms with Crippen molar-refractivity contribution in [3.8, 4) is 5.88 Å². The summed E-state index contributed by atoms with van der Waals surface area (Å²) in [4.78, 5) is 3.71. The molecule has 0 amide bonds. The molecule has 3 nitrogen and oxygen atoms in total. The molecule has 1 rings (SSSR count). The van der Waals surface area contributed by atoms with Crippen molar-refractivity contribution in [2.75, 3.05) is 7.11 Å². The molecular weight excluding hydrogens is 178 g/mol. The lowest BCUT2D eigenvalue weighted by atomic mass is 10.2. The third kappa shape index (κ3) is 2.12. The maximum atomic E-state index is 12.2. The van der Waals surface area contributed by atoms with Gasteiger partial charge in [0, 0.05) is 23.9 Å². The number of rotatable bonds is 3. The molecule has 0 spiro atoms. The van der Waals surface area contributed by atoms with Gasteiger partial charge in [0.2, 0.25) is 5.88 Å². The maximum absolute atomic E-state index is 12.2. The molecule has 5 heteroatoms. The minimum absolute atomic E-state index is 0.136. The minimum atomic E-state index is -2.52. The first-order chi connectivity index (χ1) is 6.19. The molecule has 0 aliphatic rings. The zero-order valence-corrected chi connectivity index (χ0v) is 7.13. The molecule has 0 saturated heterocycles. The zero-order chi connectivity index (χ0) is 9.84. The minimum Gasteiger partial charge on any atom is -0.481 e. The molecule has 0 saturated carbocycles. The van der Waals surface area contributed by atoms with Gasteiger partial charge >= 0.3 is 0 Å². The number of aromatic nitrogens is 1. The van der Waals surface area contributed by atoms with Gasteiger partial charge in [-0.05, 0) is 6.07 Å². The standard InChI is InChI=1S/C8H10F2N2O/c1-13-8-5(3-11)2-6(4-12-8)7(9)10/h2,4,7H,3,11H2,1H3. The van der Waals surface area contributed by atoms with E-state index in [1.54, 1.807) is 0 Å². The Balaban J connectivity index is 3.05. The fourth-order valence-electron chi connectivity index (χ4n) is 0.966. The van der Waals surface area contributed by atoms with Gasteiger partial charge in [-0.15, -0.1) is 0 Å². The predicted molar refractivity (Wildman–Crippen MR) is 43.6 cm³/mol. The lowest BCUT2D eigenvalue weighted by Gasteiger charge is -2.06. The van der Waals surface area contributed by atoms with Crippen LogP contribution in [-0.2, 0) is 6.54 Å². The van der Waals surface area contributed by atoms with Gasteiger partial charge in [0.1, 0.15) is 0 Å². The van der Waals surface area contributed by atoms with Gasteiger partial charge in [-0.3, -0.25) is 0 Å². The van der Waals surface area contributed by atoms with Gasteiger partial charge in [0.15, 0.2) is 0 Å². The Hall–Kier alpha value is -1.23. The van der Waals surface area contributed by atoms with Crippen molar-refractivity contribution in [3.05, 3.63) is 23.4 Å². The Morgan fingerprint density at radius 1 is 1.62 bits per heavy atom. The largest absolute Gasteiger partial charge is 0.481 e. The SMILES string of the molecule is COc1ncc(C(F)F)cc1CN. The number of halogens is 2. The molecule has 13 heavy (non-hydrogen) atoms. The Labute approximate surface area is 74.5 Å². The van der Waals surface area contributed by atoms with Gasteiger partial charge < -0.3 is 10.5 Å². The second-order valence-corrected chi connectivity index (χ2v) is 2.44. The molecule has 1 aromatic rings. The van der Waals surface area contributed by atoms with E-state index < -0.39 is 6.43 Å². The van der Waals surface area contributed by atoms with Crippen molar-refractivity contribution in [1.29, 1.82) is 0 Å². The Bertz CT molecular complexity index is 291. The first-order valence-corrected chi connectivity index (χ1v) is 3.70. The number of alkyl halides is 2. The summed E-state index contributed by atoms with van der Waals surface area (Å²) < 4.78 is 29.2. The summed E-state index contributed by atoms with van der Waals surface area (Å²) in [6.45, 7) is 0.136. The van der Waals surface area contributed by atoms with Crippen LogP contribution in [0, 0.1) is 0 Å². The van der Waals surface area contributed by atoms with Gasteiger partial charge in [-0.1, -0.05) is 0 Å². The fourth-order valence-corrected chi connectivity index (χ4v) is 0.966. The third-order valence-corrected chi connectivity index (χ3v) is 1.61. The number of nitrogens with zero attached hydrogens (tertiary/aromatic N) is 1. The van der Waals surface area contributed by atoms with Crippen LogP contribution < -0.4 is 10.5 Å². The molecule has 0 aliphatic carbocycles. The summed E-state index contributed by atoms with van der Waals surface area (Å²) in [6.07, 6.45) is -1.44. The summed E-state index contributed by atoms with van der Waals surface area (Å²) in [7, 11) is 1.42. The molecule has 2 N–H and O–H groups in total. The van der Waals surface area contributed by atoms with Crippen molar-refractivity contribution in [2.24, 2.45) is 5.73 Å². The number of nitrogens with two attached hydrogens (primary N) is 1. The van der Waals surface area contributed by atoms with Crippen molar-refractivity contribution in [2.45, 2.75) is 13.0 Å². The molecular formula is C8H10F2N2O. The van der Waals surface area contributed by atoms with Crippen LogP contribution in [0.25, 0.3) is 0 Å². The second kappa shape index (κ2) is 4.13. The van der Waals surface area contributed by atoms with Crippen LogP contribution in [-0.4, -0.2) is 12.1 Å². The second-order valence-electron chi connectivity index (χ2n) is 2.44. The molecule has 0 aromatic carbocycles. The molecule has 0 bridgehead atoms. The fraction of sp³-hybridized carbons (Fsp3) is 0.375. The Morgan fingerprint density at radius 3 is 2.77 bits per heavy atom. The van der Waals surface area contributed by atoms with Gasteiger partial charge in [-0.25, -0.2) is 13.8 Å².